The fraction of sp³-hybridized carbons (Fsp3) is 0.444. The van der Waals surface area contributed by atoms with Gasteiger partial charge in [0.15, 0.2) is 0 Å². The zero-order chi connectivity index (χ0) is 24.2. The van der Waals surface area contributed by atoms with Gasteiger partial charge in [-0.15, -0.1) is 0 Å². The fourth-order valence-electron chi connectivity index (χ4n) is 4.66. The minimum Gasteiger partial charge on any atom is -0.481 e. The zero-order valence-corrected chi connectivity index (χ0v) is 19.6. The van der Waals surface area contributed by atoms with Gasteiger partial charge in [-0.1, -0.05) is 75.2 Å². The Hall–Kier alpha value is -3.35. The average molecular weight is 465 g/mol. The summed E-state index contributed by atoms with van der Waals surface area (Å²) in [6.45, 7) is 3.87. The van der Waals surface area contributed by atoms with E-state index in [0.717, 1.165) is 35.1 Å². The highest BCUT2D eigenvalue weighted by Crippen LogP contribution is 2.44. The number of alkyl carbamates (subject to hydrolysis) is 1. The lowest BCUT2D eigenvalue weighted by molar-refractivity contribution is -0.142. The summed E-state index contributed by atoms with van der Waals surface area (Å²) in [6, 6.07) is 15.4. The topological polar surface area (TPSA) is 105 Å². The van der Waals surface area contributed by atoms with Crippen LogP contribution in [0, 0.1) is 17.8 Å². The quantitative estimate of drug-likeness (QED) is 0.490. The third-order valence-corrected chi connectivity index (χ3v) is 6.75. The summed E-state index contributed by atoms with van der Waals surface area (Å²) >= 11 is 0. The van der Waals surface area contributed by atoms with Gasteiger partial charge in [0.05, 0.1) is 5.92 Å². The van der Waals surface area contributed by atoms with Gasteiger partial charge in [-0.3, -0.25) is 9.59 Å². The van der Waals surface area contributed by atoms with Gasteiger partial charge in [0, 0.05) is 12.5 Å². The molecule has 4 rings (SSSR count). The molecule has 0 radical (unpaired) electrons. The molecule has 0 bridgehead atoms. The molecule has 2 amide bonds. The third-order valence-electron chi connectivity index (χ3n) is 6.75. The number of benzene rings is 2. The van der Waals surface area contributed by atoms with E-state index in [-0.39, 0.29) is 25.0 Å². The molecule has 7 heteroatoms. The molecule has 0 heterocycles. The number of fused-ring (bicyclic) bond motifs is 3. The number of ether oxygens (including phenoxy) is 1. The van der Waals surface area contributed by atoms with Crippen LogP contribution in [-0.4, -0.2) is 42.3 Å². The first-order chi connectivity index (χ1) is 16.3. The van der Waals surface area contributed by atoms with Crippen LogP contribution in [-0.2, 0) is 14.3 Å². The smallest absolute Gasteiger partial charge is 0.407 e. The molecule has 2 aromatic rings. The Labute approximate surface area is 199 Å². The SMILES string of the molecule is CC(C)[C@@H](NC(=O)OCC1c2ccccc2-c2ccccc21)C(=O)NCC(CC1CC1)C(=O)O. The summed E-state index contributed by atoms with van der Waals surface area (Å²) < 4.78 is 5.57. The number of carboxylic acids is 1. The summed E-state index contributed by atoms with van der Waals surface area (Å²) in [5, 5.41) is 14.8. The highest BCUT2D eigenvalue weighted by atomic mass is 16.5. The molecule has 7 nitrogen and oxygen atoms in total. The number of rotatable bonds is 10. The molecule has 3 N–H and O–H groups in total. The number of amides is 2. The molecular formula is C27H32N2O5. The lowest BCUT2D eigenvalue weighted by Gasteiger charge is -2.23. The standard InChI is InChI=1S/C27H32N2O5/c1-16(2)24(25(30)28-14-18(26(31)32)13-17-11-12-17)29-27(33)34-15-23-21-9-5-3-7-19(21)20-8-4-6-10-22(20)23/h3-10,16-18,23-24H,11-15H2,1-2H3,(H,28,30)(H,29,33)(H,31,32)/t18?,24-/m1/s1. The normalized spacial score (nSPS) is 16.3. The predicted molar refractivity (Wildman–Crippen MR) is 128 cm³/mol. The molecule has 180 valence electrons. The Kier molecular flexibility index (Phi) is 7.20. The van der Waals surface area contributed by atoms with Crippen molar-refractivity contribution < 1.29 is 24.2 Å². The summed E-state index contributed by atoms with van der Waals surface area (Å²) in [4.78, 5) is 36.9. The second-order valence-electron chi connectivity index (χ2n) is 9.65. The van der Waals surface area contributed by atoms with Gasteiger partial charge in [-0.2, -0.15) is 0 Å². The first-order valence-electron chi connectivity index (χ1n) is 12.0. The molecule has 2 aliphatic rings. The lowest BCUT2D eigenvalue weighted by Crippen LogP contribution is -2.51. The Morgan fingerprint density at radius 1 is 1.00 bits per heavy atom. The molecule has 1 unspecified atom stereocenters. The minimum absolute atomic E-state index is 0.0558. The average Bonchev–Trinajstić information content (AvgIpc) is 3.59. The first kappa shape index (κ1) is 23.8. The molecule has 0 spiro atoms. The van der Waals surface area contributed by atoms with Crippen LogP contribution in [0.3, 0.4) is 0 Å². The van der Waals surface area contributed by atoms with Crippen molar-refractivity contribution in [2.24, 2.45) is 17.8 Å². The first-order valence-corrected chi connectivity index (χ1v) is 12.0. The van der Waals surface area contributed by atoms with Crippen LogP contribution < -0.4 is 10.6 Å². The number of carbonyl (C=O) groups excluding carboxylic acids is 2. The van der Waals surface area contributed by atoms with E-state index in [0.29, 0.717) is 12.3 Å². The summed E-state index contributed by atoms with van der Waals surface area (Å²) in [7, 11) is 0. The number of nitrogens with one attached hydrogen (secondary N) is 2. The molecule has 1 fully saturated rings. The van der Waals surface area contributed by atoms with Gasteiger partial charge in [0.1, 0.15) is 12.6 Å². The predicted octanol–water partition coefficient (Wildman–Crippen LogP) is 4.17. The van der Waals surface area contributed by atoms with Crippen LogP contribution in [0.15, 0.2) is 48.5 Å². The summed E-state index contributed by atoms with van der Waals surface area (Å²) in [6.07, 6.45) is 2.01. The van der Waals surface area contributed by atoms with Gasteiger partial charge in [0.2, 0.25) is 5.91 Å². The minimum atomic E-state index is -0.905. The van der Waals surface area contributed by atoms with Crippen molar-refractivity contribution in [3.05, 3.63) is 59.7 Å². The monoisotopic (exact) mass is 464 g/mol. The van der Waals surface area contributed by atoms with Crippen molar-refractivity contribution in [3.8, 4) is 11.1 Å². The van der Waals surface area contributed by atoms with Crippen molar-refractivity contribution >= 4 is 18.0 Å². The molecule has 0 aliphatic heterocycles. The molecule has 34 heavy (non-hydrogen) atoms. The number of aliphatic carboxylic acids is 1. The number of hydrogen-bond acceptors (Lipinski definition) is 4. The van der Waals surface area contributed by atoms with Crippen LogP contribution in [0.5, 0.6) is 0 Å². The van der Waals surface area contributed by atoms with Gasteiger partial charge in [-0.05, 0) is 40.5 Å². The van der Waals surface area contributed by atoms with Crippen molar-refractivity contribution in [1.29, 1.82) is 0 Å². The second-order valence-corrected chi connectivity index (χ2v) is 9.65. The van der Waals surface area contributed by atoms with E-state index in [1.807, 2.05) is 50.2 Å². The van der Waals surface area contributed by atoms with E-state index in [1.54, 1.807) is 0 Å². The number of carbonyl (C=O) groups is 3. The fourth-order valence-corrected chi connectivity index (χ4v) is 4.66. The summed E-state index contributed by atoms with van der Waals surface area (Å²) in [5.74, 6) is -1.73. The van der Waals surface area contributed by atoms with Crippen LogP contribution >= 0.6 is 0 Å². The maximum atomic E-state index is 12.8. The molecule has 0 aromatic heterocycles. The molecule has 0 saturated heterocycles. The van der Waals surface area contributed by atoms with Crippen molar-refractivity contribution in [3.63, 3.8) is 0 Å². The van der Waals surface area contributed by atoms with E-state index in [9.17, 15) is 19.5 Å². The maximum Gasteiger partial charge on any atom is 0.407 e. The molecule has 2 aliphatic carbocycles. The largest absolute Gasteiger partial charge is 0.481 e. The Morgan fingerprint density at radius 3 is 2.12 bits per heavy atom. The number of hydrogen-bond donors (Lipinski definition) is 3. The van der Waals surface area contributed by atoms with Crippen LogP contribution in [0.4, 0.5) is 4.79 Å². The van der Waals surface area contributed by atoms with Gasteiger partial charge in [-0.25, -0.2) is 4.79 Å². The van der Waals surface area contributed by atoms with E-state index in [2.05, 4.69) is 22.8 Å². The Balaban J connectivity index is 1.34. The zero-order valence-electron chi connectivity index (χ0n) is 19.6. The Bertz CT molecular complexity index is 1020. The van der Waals surface area contributed by atoms with E-state index < -0.39 is 29.9 Å². The Morgan fingerprint density at radius 2 is 1.59 bits per heavy atom. The molecule has 2 atom stereocenters. The van der Waals surface area contributed by atoms with Crippen LogP contribution in [0.1, 0.15) is 50.2 Å². The highest BCUT2D eigenvalue weighted by Gasteiger charge is 2.32. The molecule has 2 aromatic carbocycles. The van der Waals surface area contributed by atoms with Crippen molar-refractivity contribution in [2.45, 2.75) is 45.1 Å². The van der Waals surface area contributed by atoms with E-state index >= 15 is 0 Å². The van der Waals surface area contributed by atoms with Gasteiger partial charge >= 0.3 is 12.1 Å². The van der Waals surface area contributed by atoms with Crippen molar-refractivity contribution in [1.82, 2.24) is 10.6 Å². The van der Waals surface area contributed by atoms with Crippen LogP contribution in [0.2, 0.25) is 0 Å². The van der Waals surface area contributed by atoms with E-state index in [4.69, 9.17) is 4.74 Å². The molecular weight excluding hydrogens is 432 g/mol. The highest BCUT2D eigenvalue weighted by molar-refractivity contribution is 5.86. The summed E-state index contributed by atoms with van der Waals surface area (Å²) in [5.41, 5.74) is 4.52. The number of carboxylic acid groups (broad SMARTS) is 1. The van der Waals surface area contributed by atoms with Gasteiger partial charge in [0.25, 0.3) is 0 Å². The second kappa shape index (κ2) is 10.3. The van der Waals surface area contributed by atoms with Gasteiger partial charge < -0.3 is 20.5 Å². The molecule has 1 saturated carbocycles. The maximum absolute atomic E-state index is 12.8. The van der Waals surface area contributed by atoms with Crippen molar-refractivity contribution in [2.75, 3.05) is 13.2 Å². The lowest BCUT2D eigenvalue weighted by atomic mass is 9.98. The van der Waals surface area contributed by atoms with E-state index in [1.165, 1.54) is 0 Å². The third kappa shape index (κ3) is 5.41. The van der Waals surface area contributed by atoms with Crippen LogP contribution in [0.25, 0.3) is 11.1 Å².